The molecule has 0 heterocycles. The van der Waals surface area contributed by atoms with E-state index in [-0.39, 0.29) is 0 Å². The van der Waals surface area contributed by atoms with E-state index in [9.17, 15) is 13.2 Å². The van der Waals surface area contributed by atoms with Crippen LogP contribution in [-0.4, -0.2) is 27.2 Å². The summed E-state index contributed by atoms with van der Waals surface area (Å²) in [5.41, 5.74) is 1.10. The van der Waals surface area contributed by atoms with Gasteiger partial charge in [0.2, 0.25) is 0 Å². The smallest absolute Gasteiger partial charge is 0.338 e. The molecule has 0 aliphatic heterocycles. The van der Waals surface area contributed by atoms with Gasteiger partial charge in [0.1, 0.15) is 0 Å². The molecular formula is C12H16O5S. The quantitative estimate of drug-likeness (QED) is 0.605. The van der Waals surface area contributed by atoms with Gasteiger partial charge in [-0.2, -0.15) is 8.42 Å². The second-order valence-corrected chi connectivity index (χ2v) is 5.39. The van der Waals surface area contributed by atoms with Crippen LogP contribution in [0.2, 0.25) is 0 Å². The lowest BCUT2D eigenvalue weighted by atomic mass is 10.1. The lowest BCUT2D eigenvalue weighted by Gasteiger charge is -2.11. The summed E-state index contributed by atoms with van der Waals surface area (Å²) < 4.78 is 31.6. The van der Waals surface area contributed by atoms with Gasteiger partial charge in [0.15, 0.2) is 0 Å². The zero-order chi connectivity index (χ0) is 13.8. The Kier molecular flexibility index (Phi) is 4.86. The van der Waals surface area contributed by atoms with Crippen molar-refractivity contribution in [2.24, 2.45) is 0 Å². The van der Waals surface area contributed by atoms with Gasteiger partial charge in [-0.1, -0.05) is 12.1 Å². The molecule has 6 heteroatoms. The minimum atomic E-state index is -3.50. The van der Waals surface area contributed by atoms with Crippen molar-refractivity contribution in [1.29, 1.82) is 0 Å². The van der Waals surface area contributed by atoms with Crippen LogP contribution in [0.5, 0.6) is 0 Å². The van der Waals surface area contributed by atoms with Crippen LogP contribution in [0.1, 0.15) is 35.9 Å². The Morgan fingerprint density at radius 2 is 1.83 bits per heavy atom. The van der Waals surface area contributed by atoms with Crippen molar-refractivity contribution in [3.8, 4) is 0 Å². The molecule has 0 aliphatic carbocycles. The molecule has 0 N–H and O–H groups in total. The summed E-state index contributed by atoms with van der Waals surface area (Å²) in [4.78, 5) is 11.4. The van der Waals surface area contributed by atoms with Gasteiger partial charge in [-0.05, 0) is 31.5 Å². The summed E-state index contributed by atoms with van der Waals surface area (Å²) in [6, 6.07) is 6.44. The van der Waals surface area contributed by atoms with Crippen molar-refractivity contribution in [2.75, 3.05) is 12.9 Å². The van der Waals surface area contributed by atoms with Crippen molar-refractivity contribution in [2.45, 2.75) is 20.0 Å². The molecule has 5 nitrogen and oxygen atoms in total. The molecule has 0 bridgehead atoms. The largest absolute Gasteiger partial charge is 0.462 e. The van der Waals surface area contributed by atoms with Crippen molar-refractivity contribution in [3.05, 3.63) is 35.4 Å². The Hall–Kier alpha value is -1.40. The summed E-state index contributed by atoms with van der Waals surface area (Å²) in [5.74, 6) is -0.402. The number of carbonyl (C=O) groups is 1. The molecule has 0 unspecified atom stereocenters. The van der Waals surface area contributed by atoms with Gasteiger partial charge in [0.05, 0.1) is 24.5 Å². The van der Waals surface area contributed by atoms with Gasteiger partial charge in [-0.15, -0.1) is 0 Å². The highest BCUT2D eigenvalue weighted by molar-refractivity contribution is 7.86. The van der Waals surface area contributed by atoms with Crippen molar-refractivity contribution in [3.63, 3.8) is 0 Å². The fourth-order valence-electron chi connectivity index (χ4n) is 1.42. The Labute approximate surface area is 107 Å². The maximum Gasteiger partial charge on any atom is 0.338 e. The van der Waals surface area contributed by atoms with Crippen LogP contribution >= 0.6 is 0 Å². The van der Waals surface area contributed by atoms with Gasteiger partial charge in [-0.25, -0.2) is 4.79 Å². The van der Waals surface area contributed by atoms with Gasteiger partial charge in [-0.3, -0.25) is 4.18 Å². The molecule has 0 saturated carbocycles. The van der Waals surface area contributed by atoms with E-state index >= 15 is 0 Å². The molecule has 0 fully saturated rings. The minimum Gasteiger partial charge on any atom is -0.462 e. The molecule has 0 aliphatic rings. The molecular weight excluding hydrogens is 256 g/mol. The topological polar surface area (TPSA) is 69.7 Å². The zero-order valence-electron chi connectivity index (χ0n) is 10.5. The van der Waals surface area contributed by atoms with E-state index < -0.39 is 22.2 Å². The van der Waals surface area contributed by atoms with Crippen LogP contribution in [-0.2, 0) is 19.0 Å². The van der Waals surface area contributed by atoms with E-state index in [0.29, 0.717) is 17.7 Å². The molecule has 1 atom stereocenters. The highest BCUT2D eigenvalue weighted by Gasteiger charge is 2.13. The fraction of sp³-hybridized carbons (Fsp3) is 0.417. The molecule has 0 amide bonds. The highest BCUT2D eigenvalue weighted by Crippen LogP contribution is 2.19. The Morgan fingerprint density at radius 3 is 2.28 bits per heavy atom. The van der Waals surface area contributed by atoms with Gasteiger partial charge >= 0.3 is 5.97 Å². The second kappa shape index (κ2) is 5.97. The first kappa shape index (κ1) is 14.7. The average molecular weight is 272 g/mol. The minimum absolute atomic E-state index is 0.314. The monoisotopic (exact) mass is 272 g/mol. The number of hydrogen-bond donors (Lipinski definition) is 0. The van der Waals surface area contributed by atoms with Crippen molar-refractivity contribution in [1.82, 2.24) is 0 Å². The van der Waals surface area contributed by atoms with E-state index in [1.165, 1.54) is 0 Å². The standard InChI is InChI=1S/C12H16O5S/c1-4-16-12(13)11-7-5-10(6-8-11)9(2)17-18(3,14)15/h5-9H,4H2,1-3H3/t9-/m0/s1. The van der Waals surface area contributed by atoms with Crippen LogP contribution < -0.4 is 0 Å². The number of ether oxygens (including phenoxy) is 1. The van der Waals surface area contributed by atoms with Crippen LogP contribution in [0.15, 0.2) is 24.3 Å². The molecule has 0 radical (unpaired) electrons. The molecule has 18 heavy (non-hydrogen) atoms. The second-order valence-electron chi connectivity index (χ2n) is 3.79. The van der Waals surface area contributed by atoms with Crippen LogP contribution in [0.3, 0.4) is 0 Å². The molecule has 1 aromatic carbocycles. The lowest BCUT2D eigenvalue weighted by Crippen LogP contribution is -2.08. The van der Waals surface area contributed by atoms with Crippen LogP contribution in [0.4, 0.5) is 0 Å². The normalized spacial score (nSPS) is 13.1. The number of benzene rings is 1. The maximum absolute atomic E-state index is 11.4. The third kappa shape index (κ3) is 4.46. The Balaban J connectivity index is 2.79. The SMILES string of the molecule is CCOC(=O)c1ccc([C@H](C)OS(C)(=O)=O)cc1. The van der Waals surface area contributed by atoms with E-state index in [1.54, 1.807) is 38.1 Å². The predicted octanol–water partition coefficient (Wildman–Crippen LogP) is 1.90. The summed E-state index contributed by atoms with van der Waals surface area (Å²) in [6.45, 7) is 3.67. The molecule has 1 rings (SSSR count). The number of carbonyl (C=O) groups excluding carboxylic acids is 1. The molecule has 100 valence electrons. The first-order chi connectivity index (χ1) is 8.33. The zero-order valence-corrected chi connectivity index (χ0v) is 11.4. The van der Waals surface area contributed by atoms with Gasteiger partial charge in [0.25, 0.3) is 10.1 Å². The third-order valence-electron chi connectivity index (χ3n) is 2.21. The van der Waals surface area contributed by atoms with Crippen molar-refractivity contribution >= 4 is 16.1 Å². The number of hydrogen-bond acceptors (Lipinski definition) is 5. The molecule has 1 aromatic rings. The van der Waals surface area contributed by atoms with E-state index in [4.69, 9.17) is 8.92 Å². The molecule has 0 spiro atoms. The van der Waals surface area contributed by atoms with Crippen LogP contribution in [0.25, 0.3) is 0 Å². The van der Waals surface area contributed by atoms with Gasteiger partial charge < -0.3 is 4.74 Å². The lowest BCUT2D eigenvalue weighted by molar-refractivity contribution is 0.0526. The van der Waals surface area contributed by atoms with Crippen LogP contribution in [0, 0.1) is 0 Å². The molecule has 0 saturated heterocycles. The first-order valence-corrected chi connectivity index (χ1v) is 7.30. The average Bonchev–Trinajstić information content (AvgIpc) is 2.27. The Morgan fingerprint density at radius 1 is 1.28 bits per heavy atom. The van der Waals surface area contributed by atoms with E-state index in [0.717, 1.165) is 6.26 Å². The third-order valence-corrected chi connectivity index (χ3v) is 2.85. The fourth-order valence-corrected chi connectivity index (χ4v) is 2.06. The maximum atomic E-state index is 11.4. The summed E-state index contributed by atoms with van der Waals surface area (Å²) in [5, 5.41) is 0. The summed E-state index contributed by atoms with van der Waals surface area (Å²) in [7, 11) is -3.50. The van der Waals surface area contributed by atoms with E-state index in [1.807, 2.05) is 0 Å². The first-order valence-electron chi connectivity index (χ1n) is 5.49. The van der Waals surface area contributed by atoms with E-state index in [2.05, 4.69) is 0 Å². The molecule has 0 aromatic heterocycles. The van der Waals surface area contributed by atoms with Crippen molar-refractivity contribution < 1.29 is 22.1 Å². The Bertz CT molecular complexity index is 504. The predicted molar refractivity (Wildman–Crippen MR) is 66.7 cm³/mol. The summed E-state index contributed by atoms with van der Waals surface area (Å²) in [6.07, 6.45) is 0.410. The van der Waals surface area contributed by atoms with Gasteiger partial charge in [0, 0.05) is 0 Å². The number of esters is 1. The highest BCUT2D eigenvalue weighted by atomic mass is 32.2. The summed E-state index contributed by atoms with van der Waals surface area (Å²) >= 11 is 0. The number of rotatable bonds is 5.